The fourth-order valence-corrected chi connectivity index (χ4v) is 13.9. The zero-order chi connectivity index (χ0) is 51.0. The van der Waals surface area contributed by atoms with E-state index >= 15 is 0 Å². The molecule has 0 saturated heterocycles. The minimum Gasteiger partial charge on any atom is -0.0651 e. The normalized spacial score (nSPS) is 40.7. The number of fused-ring (bicyclic) bond motifs is 2. The molecule has 0 heterocycles. The van der Waals surface area contributed by atoms with Gasteiger partial charge in [-0.25, -0.2) is 0 Å². The summed E-state index contributed by atoms with van der Waals surface area (Å²) in [6.45, 7) is 54.5. The van der Waals surface area contributed by atoms with Crippen molar-refractivity contribution in [3.05, 3.63) is 0 Å². The lowest BCUT2D eigenvalue weighted by atomic mass is 9.60. The summed E-state index contributed by atoms with van der Waals surface area (Å²) in [5, 5.41) is 0. The fraction of sp³-hybridized carbons (Fsp3) is 1.00. The molecule has 9 saturated carbocycles. The number of hydrogen-bond donors (Lipinski definition) is 0. The highest BCUT2D eigenvalue weighted by Crippen LogP contribution is 2.57. The Labute approximate surface area is 427 Å². The van der Waals surface area contributed by atoms with Gasteiger partial charge in [0.1, 0.15) is 0 Å². The summed E-state index contributed by atoms with van der Waals surface area (Å²) in [5.74, 6) is 19.0. The van der Waals surface area contributed by atoms with Gasteiger partial charge >= 0.3 is 0 Å². The predicted octanol–water partition coefficient (Wildman–Crippen LogP) is 22.7. The highest BCUT2D eigenvalue weighted by molar-refractivity contribution is 4.97. The molecule has 9 rings (SSSR count). The van der Waals surface area contributed by atoms with Crippen LogP contribution in [-0.2, 0) is 0 Å². The molecule has 0 aromatic rings. The van der Waals surface area contributed by atoms with E-state index in [9.17, 15) is 0 Å². The van der Waals surface area contributed by atoms with E-state index in [1.165, 1.54) is 141 Å². The monoisotopic (exact) mass is 937 g/mol. The summed E-state index contributed by atoms with van der Waals surface area (Å²) >= 11 is 0. The molecule has 7 unspecified atom stereocenters. The molecule has 0 heteroatoms. The van der Waals surface area contributed by atoms with Crippen molar-refractivity contribution < 1.29 is 0 Å². The smallest absolute Gasteiger partial charge is 0.0297 e. The lowest BCUT2D eigenvalue weighted by Gasteiger charge is -2.45. The van der Waals surface area contributed by atoms with Crippen LogP contribution in [0.1, 0.15) is 301 Å². The molecule has 0 aliphatic heterocycles. The third kappa shape index (κ3) is 20.8. The molecule has 2 bridgehead atoms. The molecule has 400 valence electrons. The summed E-state index contributed by atoms with van der Waals surface area (Å²) in [6, 6.07) is 0. The van der Waals surface area contributed by atoms with Crippen molar-refractivity contribution in [2.24, 2.45) is 129 Å². The third-order valence-corrected chi connectivity index (χ3v) is 23.4. The molecule has 67 heavy (non-hydrogen) atoms. The van der Waals surface area contributed by atoms with Gasteiger partial charge in [-0.15, -0.1) is 0 Å². The van der Waals surface area contributed by atoms with Crippen LogP contribution in [-0.4, -0.2) is 0 Å². The van der Waals surface area contributed by atoms with E-state index in [-0.39, 0.29) is 0 Å². The van der Waals surface area contributed by atoms with Crippen molar-refractivity contribution in [1.29, 1.82) is 0 Å². The minimum absolute atomic E-state index is 0.595. The Kier molecular flexibility index (Phi) is 27.9. The van der Waals surface area contributed by atoms with Crippen molar-refractivity contribution in [3.8, 4) is 0 Å². The van der Waals surface area contributed by atoms with Crippen molar-refractivity contribution in [2.75, 3.05) is 0 Å². The maximum atomic E-state index is 2.48. The Balaban J connectivity index is 0.000000263. The Morgan fingerprint density at radius 3 is 1.07 bits per heavy atom. The van der Waals surface area contributed by atoms with Crippen molar-refractivity contribution >= 4 is 0 Å². The van der Waals surface area contributed by atoms with Crippen LogP contribution in [0.4, 0.5) is 0 Å². The van der Waals surface area contributed by atoms with Gasteiger partial charge in [-0.1, -0.05) is 243 Å². The van der Waals surface area contributed by atoms with E-state index in [0.29, 0.717) is 10.8 Å². The Morgan fingerprint density at radius 1 is 0.448 bits per heavy atom. The molecule has 0 aromatic carbocycles. The van der Waals surface area contributed by atoms with Crippen LogP contribution in [0.5, 0.6) is 0 Å². The summed E-state index contributed by atoms with van der Waals surface area (Å²) in [6.07, 6.45) is 32.5. The average molecular weight is 938 g/mol. The molecule has 0 nitrogen and oxygen atoms in total. The van der Waals surface area contributed by atoms with Gasteiger partial charge < -0.3 is 0 Å². The second-order valence-electron chi connectivity index (χ2n) is 29.8. The van der Waals surface area contributed by atoms with Gasteiger partial charge in [0.15, 0.2) is 0 Å². The topological polar surface area (TPSA) is 0 Å². The molecule has 0 amide bonds. The molecule has 0 radical (unpaired) electrons. The molecular formula is C67H132. The molecule has 9 atom stereocenters. The van der Waals surface area contributed by atoms with E-state index in [1.807, 2.05) is 0 Å². The first kappa shape index (κ1) is 63.1. The maximum Gasteiger partial charge on any atom is -0.0297 e. The van der Waals surface area contributed by atoms with Gasteiger partial charge in [0.25, 0.3) is 0 Å². The second-order valence-corrected chi connectivity index (χ2v) is 29.8. The van der Waals surface area contributed by atoms with E-state index in [1.54, 1.807) is 0 Å². The lowest BCUT2D eigenvalue weighted by Crippen LogP contribution is -2.39. The molecule has 0 spiro atoms. The lowest BCUT2D eigenvalue weighted by molar-refractivity contribution is 0.0302. The highest BCUT2D eigenvalue weighted by atomic mass is 14.5. The van der Waals surface area contributed by atoms with Gasteiger partial charge in [-0.3, -0.25) is 0 Å². The summed E-state index contributed by atoms with van der Waals surface area (Å²) in [4.78, 5) is 0. The molecular weight excluding hydrogens is 805 g/mol. The fourth-order valence-electron chi connectivity index (χ4n) is 13.9. The summed E-state index contributed by atoms with van der Waals surface area (Å²) < 4.78 is 0. The quantitative estimate of drug-likeness (QED) is 0.265. The summed E-state index contributed by atoms with van der Waals surface area (Å²) in [5.41, 5.74) is 2.00. The van der Waals surface area contributed by atoms with Crippen LogP contribution in [0, 0.1) is 129 Å². The highest BCUT2D eigenvalue weighted by Gasteiger charge is 2.46. The third-order valence-electron chi connectivity index (χ3n) is 23.4. The zero-order valence-electron chi connectivity index (χ0n) is 51.0. The van der Waals surface area contributed by atoms with Crippen LogP contribution in [0.3, 0.4) is 0 Å². The van der Waals surface area contributed by atoms with Gasteiger partial charge in [-0.2, -0.15) is 0 Å². The number of hydrogen-bond acceptors (Lipinski definition) is 0. The van der Waals surface area contributed by atoms with E-state index in [0.717, 1.165) is 118 Å². The van der Waals surface area contributed by atoms with E-state index in [2.05, 4.69) is 159 Å². The molecule has 9 aliphatic rings. The zero-order valence-corrected chi connectivity index (χ0v) is 51.0. The van der Waals surface area contributed by atoms with E-state index in [4.69, 9.17) is 0 Å². The van der Waals surface area contributed by atoms with Gasteiger partial charge in [0.05, 0.1) is 0 Å². The maximum absolute atomic E-state index is 2.48. The van der Waals surface area contributed by atoms with Crippen molar-refractivity contribution in [2.45, 2.75) is 301 Å². The number of rotatable bonds is 3. The summed E-state index contributed by atoms with van der Waals surface area (Å²) in [7, 11) is 0. The van der Waals surface area contributed by atoms with Gasteiger partial charge in [0, 0.05) is 0 Å². The van der Waals surface area contributed by atoms with Crippen LogP contribution in [0.15, 0.2) is 0 Å². The van der Waals surface area contributed by atoms with Crippen LogP contribution >= 0.6 is 0 Å². The van der Waals surface area contributed by atoms with Crippen LogP contribution in [0.2, 0.25) is 0 Å². The van der Waals surface area contributed by atoms with Gasteiger partial charge in [-0.05, 0) is 186 Å². The molecule has 0 aromatic heterocycles. The molecule has 9 aliphatic carbocycles. The second kappa shape index (κ2) is 29.6. The standard InChI is InChI=1S/C9H16.2C9H18.5C8H16/c1-7-5-8-3-4-9(7,2)6-8;1-8-6-4-5-7-9(8,2)3;1-7-5-4-6-8(2)9(7)3;1-6(2)8-4-7(3)5-8;1-8(2,3)7-5-4-6-7;1-6-4-5-7(2)8(6)3;1-5-6(2)8(4)7(5)3;1-3-7(2)8-5-4-6-8/h7-8H,3-6H2,1-2H3;8H,4-7H2,1-3H3;7-9H,4-6H2,1-3H3;6-8H,4-5H2,1-3H3;7H,4-6H2,1-3H3;6-8H,4-5H2,1-3H3;5-8H,1-4H3;7-8H,3-6H2,1-2H3/t7-,8?,9?;8-;;;;;;/m01....../s1. The Morgan fingerprint density at radius 2 is 0.896 bits per heavy atom. The predicted molar refractivity (Wildman–Crippen MR) is 306 cm³/mol. The molecule has 0 N–H and O–H groups in total. The largest absolute Gasteiger partial charge is 0.0651 e. The molecule has 9 fully saturated rings. The Bertz CT molecular complexity index is 1190. The average Bonchev–Trinajstić information content (AvgIpc) is 3.84. The van der Waals surface area contributed by atoms with Gasteiger partial charge in [0.2, 0.25) is 0 Å². The minimum atomic E-state index is 0.595. The van der Waals surface area contributed by atoms with Crippen LogP contribution in [0.25, 0.3) is 0 Å². The van der Waals surface area contributed by atoms with Crippen LogP contribution < -0.4 is 0 Å². The van der Waals surface area contributed by atoms with Crippen molar-refractivity contribution in [3.63, 3.8) is 0 Å². The van der Waals surface area contributed by atoms with E-state index < -0.39 is 0 Å². The Hall–Kier alpha value is 0. The first-order chi connectivity index (χ1) is 31.1. The first-order valence-electron chi connectivity index (χ1n) is 31.1. The first-order valence-corrected chi connectivity index (χ1v) is 31.1. The SMILES string of the molecule is CC(C)(C)C1CCC1.CC1C(C)C(C)C1C.CC1CC(C(C)C)C1.CC1CCC(C)C1C.CC1CCCC(C)C1C.CCC(C)C1CCC1.C[C@@H]1CCCCC1(C)C.C[C@H]1CC2CCC1(C)C2. The van der Waals surface area contributed by atoms with Crippen molar-refractivity contribution in [1.82, 2.24) is 0 Å².